The molecule has 0 saturated carbocycles. The molecule has 8 heteroatoms. The topological polar surface area (TPSA) is 89.5 Å². The van der Waals surface area contributed by atoms with Crippen molar-refractivity contribution in [3.05, 3.63) is 63.9 Å². The van der Waals surface area contributed by atoms with E-state index in [4.69, 9.17) is 0 Å². The lowest BCUT2D eigenvalue weighted by Gasteiger charge is -2.01. The van der Waals surface area contributed by atoms with Crippen LogP contribution in [0.5, 0.6) is 0 Å². The Morgan fingerprint density at radius 3 is 3.14 bits per heavy atom. The van der Waals surface area contributed by atoms with E-state index in [-0.39, 0.29) is 11.6 Å². The number of rotatable bonds is 4. The van der Waals surface area contributed by atoms with Crippen molar-refractivity contribution in [2.45, 2.75) is 0 Å². The number of thiazole rings is 1. The molecule has 1 amide bonds. The predicted molar refractivity (Wildman–Crippen MR) is 83.8 cm³/mol. The van der Waals surface area contributed by atoms with Gasteiger partial charge in [0.25, 0.3) is 5.69 Å². The number of hydrogen-bond acceptors (Lipinski definition) is 5. The number of aromatic nitrogens is 2. The maximum atomic E-state index is 11.9. The number of anilines is 1. The van der Waals surface area contributed by atoms with Gasteiger partial charge in [-0.05, 0) is 12.1 Å². The molecule has 1 aromatic carbocycles. The second-order valence-corrected chi connectivity index (χ2v) is 5.24. The molecule has 0 aliphatic carbocycles. The molecule has 0 atom stereocenters. The van der Waals surface area contributed by atoms with E-state index >= 15 is 0 Å². The van der Waals surface area contributed by atoms with E-state index in [0.717, 1.165) is 10.7 Å². The summed E-state index contributed by atoms with van der Waals surface area (Å²) in [6.45, 7) is 0. The molecule has 0 aliphatic heterocycles. The van der Waals surface area contributed by atoms with Gasteiger partial charge in [0.05, 0.1) is 16.8 Å². The molecular formula is C14H10N4O3S. The van der Waals surface area contributed by atoms with E-state index < -0.39 is 4.92 Å². The maximum absolute atomic E-state index is 11.9. The van der Waals surface area contributed by atoms with Crippen LogP contribution < -0.4 is 5.32 Å². The van der Waals surface area contributed by atoms with Crippen LogP contribution in [-0.2, 0) is 4.79 Å². The molecule has 3 rings (SSSR count). The monoisotopic (exact) mass is 314 g/mol. The lowest BCUT2D eigenvalue weighted by atomic mass is 10.3. The summed E-state index contributed by atoms with van der Waals surface area (Å²) in [7, 11) is 0. The fourth-order valence-corrected chi connectivity index (χ4v) is 2.61. The van der Waals surface area contributed by atoms with Crippen molar-refractivity contribution in [1.82, 2.24) is 9.38 Å². The quantitative estimate of drug-likeness (QED) is 0.455. The van der Waals surface area contributed by atoms with Crippen LogP contribution in [0, 0.1) is 10.1 Å². The minimum Gasteiger partial charge on any atom is -0.322 e. The number of non-ortho nitro benzene ring substituents is 1. The molecule has 22 heavy (non-hydrogen) atoms. The molecule has 7 nitrogen and oxygen atoms in total. The van der Waals surface area contributed by atoms with Crippen LogP contribution in [0.4, 0.5) is 11.4 Å². The smallest absolute Gasteiger partial charge is 0.271 e. The van der Waals surface area contributed by atoms with Crippen LogP contribution in [0.3, 0.4) is 0 Å². The number of hydrogen-bond donors (Lipinski definition) is 1. The van der Waals surface area contributed by atoms with Gasteiger partial charge in [0.2, 0.25) is 5.91 Å². The minimum absolute atomic E-state index is 0.0717. The molecule has 110 valence electrons. The van der Waals surface area contributed by atoms with Crippen molar-refractivity contribution in [3.8, 4) is 0 Å². The molecule has 2 aromatic heterocycles. The molecule has 0 spiro atoms. The number of nitro groups is 1. The van der Waals surface area contributed by atoms with Gasteiger partial charge in [-0.2, -0.15) is 0 Å². The van der Waals surface area contributed by atoms with Gasteiger partial charge in [-0.1, -0.05) is 6.07 Å². The van der Waals surface area contributed by atoms with Crippen LogP contribution in [0.25, 0.3) is 11.0 Å². The Balaban J connectivity index is 1.72. The third-order valence-corrected chi connectivity index (χ3v) is 3.68. The zero-order valence-electron chi connectivity index (χ0n) is 11.2. The number of benzene rings is 1. The number of nitrogens with one attached hydrogen (secondary N) is 1. The van der Waals surface area contributed by atoms with E-state index in [1.54, 1.807) is 18.3 Å². The van der Waals surface area contributed by atoms with Gasteiger partial charge in [0, 0.05) is 35.5 Å². The molecule has 0 bridgehead atoms. The first-order valence-corrected chi connectivity index (χ1v) is 7.15. The van der Waals surface area contributed by atoms with Crippen LogP contribution in [-0.4, -0.2) is 20.2 Å². The minimum atomic E-state index is -0.509. The predicted octanol–water partition coefficient (Wildman–Crippen LogP) is 2.96. The highest BCUT2D eigenvalue weighted by Gasteiger charge is 2.07. The largest absolute Gasteiger partial charge is 0.322 e. The molecule has 0 radical (unpaired) electrons. The summed E-state index contributed by atoms with van der Waals surface area (Å²) in [5.74, 6) is -0.370. The summed E-state index contributed by atoms with van der Waals surface area (Å²) in [4.78, 5) is 27.1. The summed E-state index contributed by atoms with van der Waals surface area (Å²) in [5.41, 5.74) is 1.08. The van der Waals surface area contributed by atoms with Crippen LogP contribution in [0.1, 0.15) is 5.69 Å². The first kappa shape index (κ1) is 14.0. The second kappa shape index (κ2) is 5.78. The normalized spacial score (nSPS) is 11.1. The van der Waals surface area contributed by atoms with E-state index in [1.165, 1.54) is 35.6 Å². The van der Waals surface area contributed by atoms with Crippen LogP contribution >= 0.6 is 11.3 Å². The van der Waals surface area contributed by atoms with E-state index in [0.29, 0.717) is 5.69 Å². The van der Waals surface area contributed by atoms with Gasteiger partial charge < -0.3 is 5.32 Å². The number of amides is 1. The number of nitro benzene ring substituents is 1. The third kappa shape index (κ3) is 2.86. The number of fused-ring (bicyclic) bond motifs is 1. The van der Waals surface area contributed by atoms with Gasteiger partial charge in [0.15, 0.2) is 4.96 Å². The summed E-state index contributed by atoms with van der Waals surface area (Å²) in [6.07, 6.45) is 6.54. The summed E-state index contributed by atoms with van der Waals surface area (Å²) >= 11 is 1.50. The first-order chi connectivity index (χ1) is 10.6. The molecule has 0 unspecified atom stereocenters. The van der Waals surface area contributed by atoms with Gasteiger partial charge in [-0.15, -0.1) is 11.3 Å². The van der Waals surface area contributed by atoms with Crippen molar-refractivity contribution in [1.29, 1.82) is 0 Å². The molecule has 0 saturated heterocycles. The van der Waals surface area contributed by atoms with Crippen molar-refractivity contribution in [2.75, 3.05) is 5.32 Å². The Hall–Kier alpha value is -3.00. The standard InChI is InChI=1S/C14H10N4O3S/c19-13(16-10-2-1-3-11(8-10)18(20)21)5-4-12-9-15-14-17(12)6-7-22-14/h1-9H,(H,16,19)/b5-4+. The van der Waals surface area contributed by atoms with Crippen molar-refractivity contribution < 1.29 is 9.72 Å². The average molecular weight is 314 g/mol. The van der Waals surface area contributed by atoms with Crippen molar-refractivity contribution in [2.24, 2.45) is 0 Å². The third-order valence-electron chi connectivity index (χ3n) is 2.90. The molecule has 3 aromatic rings. The van der Waals surface area contributed by atoms with Gasteiger partial charge in [-0.3, -0.25) is 19.3 Å². The summed E-state index contributed by atoms with van der Waals surface area (Å²) in [5, 5.41) is 15.2. The Morgan fingerprint density at radius 1 is 1.45 bits per heavy atom. The summed E-state index contributed by atoms with van der Waals surface area (Å²) in [6, 6.07) is 5.78. The molecule has 0 aliphatic rings. The average Bonchev–Trinajstić information content (AvgIpc) is 3.09. The highest BCUT2D eigenvalue weighted by Crippen LogP contribution is 2.17. The van der Waals surface area contributed by atoms with Gasteiger partial charge >= 0.3 is 0 Å². The van der Waals surface area contributed by atoms with E-state index in [1.807, 2.05) is 16.0 Å². The van der Waals surface area contributed by atoms with Crippen LogP contribution in [0.2, 0.25) is 0 Å². The Labute approximate surface area is 128 Å². The zero-order valence-corrected chi connectivity index (χ0v) is 12.0. The number of carbonyl (C=O) groups excluding carboxylic acids is 1. The Morgan fingerprint density at radius 2 is 2.32 bits per heavy atom. The Bertz CT molecular complexity index is 881. The lowest BCUT2D eigenvalue weighted by Crippen LogP contribution is -2.07. The first-order valence-electron chi connectivity index (χ1n) is 6.27. The SMILES string of the molecule is O=C(/C=C/c1cnc2sccn12)Nc1cccc([N+](=O)[O-])c1. The highest BCUT2D eigenvalue weighted by molar-refractivity contribution is 7.15. The fraction of sp³-hybridized carbons (Fsp3) is 0. The van der Waals surface area contributed by atoms with E-state index in [9.17, 15) is 14.9 Å². The van der Waals surface area contributed by atoms with Crippen molar-refractivity contribution in [3.63, 3.8) is 0 Å². The zero-order chi connectivity index (χ0) is 15.5. The van der Waals surface area contributed by atoms with Crippen molar-refractivity contribution >= 4 is 39.7 Å². The second-order valence-electron chi connectivity index (χ2n) is 4.37. The maximum Gasteiger partial charge on any atom is 0.271 e. The highest BCUT2D eigenvalue weighted by atomic mass is 32.1. The molecule has 2 heterocycles. The molecular weight excluding hydrogens is 304 g/mol. The molecule has 0 fully saturated rings. The summed E-state index contributed by atoms with van der Waals surface area (Å²) < 4.78 is 1.86. The molecule has 1 N–H and O–H groups in total. The lowest BCUT2D eigenvalue weighted by molar-refractivity contribution is -0.384. The number of carbonyl (C=O) groups is 1. The van der Waals surface area contributed by atoms with Gasteiger partial charge in [0.1, 0.15) is 0 Å². The fourth-order valence-electron chi connectivity index (χ4n) is 1.91. The van der Waals surface area contributed by atoms with Gasteiger partial charge in [-0.25, -0.2) is 4.98 Å². The number of nitrogens with zero attached hydrogens (tertiary/aromatic N) is 3. The Kier molecular flexibility index (Phi) is 3.67. The number of imidazole rings is 1. The van der Waals surface area contributed by atoms with E-state index in [2.05, 4.69) is 10.3 Å². The van der Waals surface area contributed by atoms with Crippen LogP contribution in [0.15, 0.2) is 48.1 Å².